The first kappa shape index (κ1) is 29.3. The van der Waals surface area contributed by atoms with Crippen molar-refractivity contribution in [3.63, 3.8) is 0 Å². The smallest absolute Gasteiger partial charge is 0.289 e. The Balaban J connectivity index is 3.73. The molecule has 0 heterocycles. The van der Waals surface area contributed by atoms with Crippen LogP contribution in [0.5, 0.6) is 0 Å². The van der Waals surface area contributed by atoms with Crippen molar-refractivity contribution >= 4 is 20.4 Å². The first-order valence-electron chi connectivity index (χ1n) is 11.1. The van der Waals surface area contributed by atoms with Crippen molar-refractivity contribution in [3.05, 3.63) is 30.3 Å². The average molecular weight is 495 g/mol. The second-order valence-electron chi connectivity index (χ2n) is 6.45. The number of nitrogens with one attached hydrogen (secondary N) is 1. The van der Waals surface area contributed by atoms with Crippen LogP contribution in [0.25, 0.3) is 0 Å². The molecule has 0 aromatic heterocycles. The molecular weight excluding hydrogens is 456 g/mol. The number of hydrogen-bond donors (Lipinski definition) is 1. The van der Waals surface area contributed by atoms with E-state index < -0.39 is 32.3 Å². The lowest BCUT2D eigenvalue weighted by Crippen LogP contribution is -2.36. The van der Waals surface area contributed by atoms with Crippen LogP contribution in [0.1, 0.15) is 41.5 Å². The van der Waals surface area contributed by atoms with Crippen LogP contribution in [0.2, 0.25) is 0 Å². The summed E-state index contributed by atoms with van der Waals surface area (Å²) < 4.78 is 63.4. The van der Waals surface area contributed by atoms with Crippen LogP contribution in [0, 0.1) is 0 Å². The van der Waals surface area contributed by atoms with E-state index in [1.54, 1.807) is 53.7 Å². The number of anilines is 1. The van der Waals surface area contributed by atoms with E-state index in [9.17, 15) is 9.13 Å². The molecule has 0 aliphatic heterocycles. The van der Waals surface area contributed by atoms with Crippen molar-refractivity contribution in [1.29, 1.82) is 0 Å². The minimum atomic E-state index is -3.99. The molecule has 2 unspecified atom stereocenters. The van der Waals surface area contributed by atoms with Gasteiger partial charge in [-0.05, 0) is 53.7 Å². The molecule has 0 spiro atoms. The van der Waals surface area contributed by atoms with Crippen LogP contribution < -0.4 is 5.32 Å². The lowest BCUT2D eigenvalue weighted by molar-refractivity contribution is -0.0925. The van der Waals surface area contributed by atoms with Crippen molar-refractivity contribution in [2.75, 3.05) is 45.0 Å². The zero-order valence-electron chi connectivity index (χ0n) is 20.0. The molecule has 0 bridgehead atoms. The predicted octanol–water partition coefficient (Wildman–Crippen LogP) is 5.72. The Kier molecular flexibility index (Phi) is 13.9. The molecule has 0 aliphatic carbocycles. The molecule has 9 nitrogen and oxygen atoms in total. The topological polar surface area (TPSA) is 102 Å². The number of benzene rings is 1. The van der Waals surface area contributed by atoms with Gasteiger partial charge in [0.2, 0.25) is 12.1 Å². The van der Waals surface area contributed by atoms with Crippen LogP contribution in [0.4, 0.5) is 5.69 Å². The van der Waals surface area contributed by atoms with Gasteiger partial charge in [-0.3, -0.25) is 9.13 Å². The molecule has 0 fully saturated rings. The van der Waals surface area contributed by atoms with E-state index in [4.69, 9.17) is 28.0 Å². The maximum Gasteiger partial charge on any atom is 0.289 e. The van der Waals surface area contributed by atoms with E-state index >= 15 is 0 Å². The normalized spacial score (nSPS) is 16.6. The number of hydrogen-bond acceptors (Lipinski definition) is 9. The summed E-state index contributed by atoms with van der Waals surface area (Å²) in [4.78, 5) is 0. The molecule has 1 aromatic carbocycles. The molecule has 0 amide bonds. The number of para-hydroxylation sites is 1. The molecule has 2 atom stereocenters. The fourth-order valence-electron chi connectivity index (χ4n) is 3.07. The van der Waals surface area contributed by atoms with Gasteiger partial charge in [0.15, 0.2) is 5.52 Å². The predicted molar refractivity (Wildman–Crippen MR) is 126 cm³/mol. The van der Waals surface area contributed by atoms with E-state index in [2.05, 4.69) is 5.32 Å². The first-order valence-corrected chi connectivity index (χ1v) is 14.7. The second-order valence-corrected chi connectivity index (χ2v) is 11.8. The summed E-state index contributed by atoms with van der Waals surface area (Å²) in [5.74, 6) is 0. The highest BCUT2D eigenvalue weighted by atomic mass is 31.2. The van der Waals surface area contributed by atoms with Gasteiger partial charge in [-0.25, -0.2) is 0 Å². The monoisotopic (exact) mass is 495 g/mol. The van der Waals surface area contributed by atoms with Gasteiger partial charge in [-0.2, -0.15) is 0 Å². The van der Waals surface area contributed by atoms with Crippen molar-refractivity contribution < 1.29 is 37.1 Å². The Morgan fingerprint density at radius 1 is 0.656 bits per heavy atom. The largest absolute Gasteiger partial charge is 0.365 e. The maximum absolute atomic E-state index is 14.5. The number of ether oxygens (including phenoxy) is 4. The molecule has 11 heteroatoms. The summed E-state index contributed by atoms with van der Waals surface area (Å²) in [5.41, 5.74) is -0.764. The summed E-state index contributed by atoms with van der Waals surface area (Å²) in [7, 11) is -7.99. The Bertz CT molecular complexity index is 669. The van der Waals surface area contributed by atoms with Gasteiger partial charge in [0.05, 0.1) is 13.2 Å². The van der Waals surface area contributed by atoms with Gasteiger partial charge in [-0.15, -0.1) is 0 Å². The summed E-state index contributed by atoms with van der Waals surface area (Å²) in [6.45, 7) is 11.5. The Hall–Kier alpha value is -0.760. The summed E-state index contributed by atoms with van der Waals surface area (Å²) in [6.07, 6.45) is 0. The van der Waals surface area contributed by atoms with Crippen LogP contribution in [-0.4, -0.2) is 57.2 Å². The Labute approximate surface area is 192 Å². The SMILES string of the molecule is CCOC(OCC)P(=O)(OCC)C(Nc1ccccc1)P(=O)(OCC)C(OCC)OCC. The molecule has 0 radical (unpaired) electrons. The molecule has 32 heavy (non-hydrogen) atoms. The summed E-state index contributed by atoms with van der Waals surface area (Å²) >= 11 is 0. The summed E-state index contributed by atoms with van der Waals surface area (Å²) in [6, 6.07) is 6.49. The lowest BCUT2D eigenvalue weighted by Gasteiger charge is -2.39. The fourth-order valence-corrected chi connectivity index (χ4v) is 9.79. The van der Waals surface area contributed by atoms with Crippen molar-refractivity contribution in [2.24, 2.45) is 0 Å². The second kappa shape index (κ2) is 15.2. The minimum Gasteiger partial charge on any atom is -0.365 e. The fraction of sp³-hybridized carbons (Fsp3) is 0.714. The zero-order chi connectivity index (χ0) is 24.0. The van der Waals surface area contributed by atoms with Crippen molar-refractivity contribution in [2.45, 2.75) is 59.1 Å². The quantitative estimate of drug-likeness (QED) is 0.202. The first-order chi connectivity index (χ1) is 15.4. The zero-order valence-corrected chi connectivity index (χ0v) is 21.8. The van der Waals surface area contributed by atoms with E-state index in [0.29, 0.717) is 5.69 Å². The Morgan fingerprint density at radius 2 is 1.03 bits per heavy atom. The third-order valence-corrected chi connectivity index (χ3v) is 10.9. The van der Waals surface area contributed by atoms with Gasteiger partial charge in [0.25, 0.3) is 14.7 Å². The highest BCUT2D eigenvalue weighted by Gasteiger charge is 2.58. The van der Waals surface area contributed by atoms with E-state index in [0.717, 1.165) is 0 Å². The molecule has 0 aliphatic rings. The highest BCUT2D eigenvalue weighted by Crippen LogP contribution is 2.73. The molecule has 186 valence electrons. The molecule has 1 N–H and O–H groups in total. The molecule has 0 saturated carbocycles. The molecular formula is C21H39NO8P2. The van der Waals surface area contributed by atoms with E-state index in [-0.39, 0.29) is 39.6 Å². The Morgan fingerprint density at radius 3 is 1.34 bits per heavy atom. The molecule has 1 rings (SSSR count). The van der Waals surface area contributed by atoms with Crippen LogP contribution in [0.15, 0.2) is 30.3 Å². The van der Waals surface area contributed by atoms with Gasteiger partial charge >= 0.3 is 0 Å². The van der Waals surface area contributed by atoms with Crippen LogP contribution in [0.3, 0.4) is 0 Å². The standard InChI is InChI=1S/C21H39NO8P2/c1-7-25-20(26-8-2)31(23,29-11-5)19(22-18-16-14-13-15-17-18)32(24,30-12-6)21(27-9-3)28-10-4/h13-17,19-22H,7-12H2,1-6H3. The molecule has 0 saturated heterocycles. The lowest BCUT2D eigenvalue weighted by atomic mass is 10.3. The van der Waals surface area contributed by atoms with E-state index in [1.165, 1.54) is 0 Å². The van der Waals surface area contributed by atoms with Gasteiger partial charge in [0.1, 0.15) is 0 Å². The van der Waals surface area contributed by atoms with Crippen LogP contribution in [-0.2, 0) is 37.1 Å². The van der Waals surface area contributed by atoms with E-state index in [1.807, 2.05) is 18.2 Å². The minimum absolute atomic E-state index is 0.0843. The van der Waals surface area contributed by atoms with Crippen molar-refractivity contribution in [1.82, 2.24) is 0 Å². The van der Waals surface area contributed by atoms with Gasteiger partial charge in [-0.1, -0.05) is 18.2 Å². The third kappa shape index (κ3) is 7.64. The molecule has 1 aromatic rings. The average Bonchev–Trinajstić information content (AvgIpc) is 2.78. The summed E-state index contributed by atoms with van der Waals surface area (Å²) in [5, 5.41) is 3.13. The van der Waals surface area contributed by atoms with Crippen LogP contribution >= 0.6 is 14.7 Å². The third-order valence-electron chi connectivity index (χ3n) is 4.24. The van der Waals surface area contributed by atoms with Gasteiger partial charge in [0, 0.05) is 32.1 Å². The van der Waals surface area contributed by atoms with Crippen molar-refractivity contribution in [3.8, 4) is 0 Å². The van der Waals surface area contributed by atoms with Gasteiger partial charge < -0.3 is 33.3 Å². The highest BCUT2D eigenvalue weighted by molar-refractivity contribution is 7.77. The maximum atomic E-state index is 14.5. The number of rotatable bonds is 18.